The molecule has 10 atom stereocenters. The molecule has 3 heteroatoms. The van der Waals surface area contributed by atoms with Gasteiger partial charge in [0.1, 0.15) is 5.78 Å². The van der Waals surface area contributed by atoms with Crippen LogP contribution in [0.5, 0.6) is 0 Å². The van der Waals surface area contributed by atoms with Gasteiger partial charge in [-0.3, -0.25) is 4.79 Å². The van der Waals surface area contributed by atoms with Gasteiger partial charge in [0.15, 0.2) is 0 Å². The molecule has 0 unspecified atom stereocenters. The Kier molecular flexibility index (Phi) is 5.47. The van der Waals surface area contributed by atoms with E-state index >= 15 is 0 Å². The molecule has 0 spiro atoms. The van der Waals surface area contributed by atoms with Gasteiger partial charge in [-0.25, -0.2) is 0 Å². The molecule has 0 bridgehead atoms. The summed E-state index contributed by atoms with van der Waals surface area (Å²) in [7, 11) is 0. The Hall–Kier alpha value is -0.670. The van der Waals surface area contributed by atoms with Gasteiger partial charge < -0.3 is 10.2 Å². The van der Waals surface area contributed by atoms with E-state index in [1.165, 1.54) is 31.3 Å². The lowest BCUT2D eigenvalue weighted by Crippen LogP contribution is -2.70. The van der Waals surface area contributed by atoms with Crippen LogP contribution in [-0.2, 0) is 4.79 Å². The molecule has 5 saturated carbocycles. The molecule has 0 aromatic rings. The Morgan fingerprint density at radius 2 is 1.50 bits per heavy atom. The predicted octanol–water partition coefficient (Wildman–Crippen LogP) is 6.57. The normalized spacial score (nSPS) is 56.8. The maximum atomic E-state index is 13.0. The van der Waals surface area contributed by atoms with Crippen LogP contribution in [0.1, 0.15) is 106 Å². The zero-order chi connectivity index (χ0) is 24.9. The lowest BCUT2D eigenvalue weighted by atomic mass is 9.29. The summed E-state index contributed by atoms with van der Waals surface area (Å²) in [6, 6.07) is 0. The van der Waals surface area contributed by atoms with Crippen molar-refractivity contribution in [2.45, 2.75) is 106 Å². The van der Waals surface area contributed by atoms with Crippen LogP contribution in [0.3, 0.4) is 0 Å². The van der Waals surface area contributed by atoms with Gasteiger partial charge in [0.25, 0.3) is 0 Å². The van der Waals surface area contributed by atoms with E-state index < -0.39 is 5.41 Å². The van der Waals surface area contributed by atoms with Gasteiger partial charge in [-0.05, 0) is 115 Å². The molecular weight excluding hydrogens is 420 g/mol. The highest BCUT2D eigenvalue weighted by Crippen LogP contribution is 2.80. The molecule has 0 saturated heterocycles. The number of rotatable bonds is 3. The van der Waals surface area contributed by atoms with Crippen molar-refractivity contribution in [3.05, 3.63) is 12.2 Å². The Balaban J connectivity index is 1.60. The van der Waals surface area contributed by atoms with Gasteiger partial charge in [-0.15, -0.1) is 0 Å². The number of Topliss-reactive ketones (excluding diaryl/α,β-unsaturated/α-hetero) is 1. The molecule has 0 amide bonds. The second kappa shape index (κ2) is 7.44. The summed E-state index contributed by atoms with van der Waals surface area (Å²) >= 11 is 0. The number of carbonyl (C=O) groups is 1. The fraction of sp³-hybridized carbons (Fsp3) is 0.903. The number of ketones is 1. The number of carbonyl (C=O) groups excluding carboxylic acids is 1. The van der Waals surface area contributed by atoms with Crippen molar-refractivity contribution in [1.29, 1.82) is 0 Å². The summed E-state index contributed by atoms with van der Waals surface area (Å²) in [6.45, 7) is 19.4. The van der Waals surface area contributed by atoms with Crippen LogP contribution >= 0.6 is 0 Å². The SMILES string of the molecule is C=C(C)[C@@H]1CC[C@]2(CO)CC[C@@]3(C)[C@]4(C)CC[C@@H]5[C@](C)(CCC(=O)[C@@]5(C)CO)[C@H]4CC[C@]3(C)[C@@H]12. The lowest BCUT2D eigenvalue weighted by molar-refractivity contribution is -0.272. The van der Waals surface area contributed by atoms with Crippen LogP contribution in [0.25, 0.3) is 0 Å². The summed E-state index contributed by atoms with van der Waals surface area (Å²) in [5.41, 5.74) is 1.52. The quantitative estimate of drug-likeness (QED) is 0.459. The van der Waals surface area contributed by atoms with Crippen LogP contribution in [0.2, 0.25) is 0 Å². The number of aliphatic hydroxyl groups excluding tert-OH is 2. The molecule has 0 heterocycles. The topological polar surface area (TPSA) is 57.5 Å². The molecule has 34 heavy (non-hydrogen) atoms. The molecule has 3 nitrogen and oxygen atoms in total. The third kappa shape index (κ3) is 2.65. The molecule has 5 rings (SSSR count). The summed E-state index contributed by atoms with van der Waals surface area (Å²) in [5.74, 6) is 2.19. The molecule has 2 N–H and O–H groups in total. The minimum atomic E-state index is -0.578. The Labute approximate surface area is 208 Å². The van der Waals surface area contributed by atoms with Gasteiger partial charge in [0.05, 0.1) is 12.0 Å². The maximum Gasteiger partial charge on any atom is 0.141 e. The fourth-order valence-electron chi connectivity index (χ4n) is 12.0. The first kappa shape index (κ1) is 25.0. The van der Waals surface area contributed by atoms with Crippen molar-refractivity contribution < 1.29 is 15.0 Å². The van der Waals surface area contributed by atoms with Crippen molar-refractivity contribution in [2.24, 2.45) is 56.2 Å². The molecule has 0 aromatic carbocycles. The zero-order valence-electron chi connectivity index (χ0n) is 22.8. The van der Waals surface area contributed by atoms with Crippen LogP contribution < -0.4 is 0 Å². The highest BCUT2D eigenvalue weighted by atomic mass is 16.3. The molecule has 192 valence electrons. The maximum absolute atomic E-state index is 13.0. The molecule has 0 aromatic heterocycles. The van der Waals surface area contributed by atoms with Gasteiger partial charge in [-0.2, -0.15) is 0 Å². The van der Waals surface area contributed by atoms with E-state index in [9.17, 15) is 15.0 Å². The lowest BCUT2D eigenvalue weighted by Gasteiger charge is -2.75. The summed E-state index contributed by atoms with van der Waals surface area (Å²) < 4.78 is 0. The average molecular weight is 471 g/mol. The minimum Gasteiger partial charge on any atom is -0.396 e. The number of hydrogen-bond donors (Lipinski definition) is 2. The molecule has 0 aliphatic heterocycles. The number of allylic oxidation sites excluding steroid dienone is 1. The van der Waals surface area contributed by atoms with E-state index in [1.807, 2.05) is 0 Å². The first-order valence-corrected chi connectivity index (χ1v) is 14.2. The van der Waals surface area contributed by atoms with E-state index in [0.717, 1.165) is 32.1 Å². The Bertz CT molecular complexity index is 895. The third-order valence-electron chi connectivity index (χ3n) is 14.2. The summed E-state index contributed by atoms with van der Waals surface area (Å²) in [6.07, 6.45) is 10.9. The monoisotopic (exact) mass is 470 g/mol. The minimum absolute atomic E-state index is 0.00804. The van der Waals surface area contributed by atoms with E-state index in [4.69, 9.17) is 0 Å². The van der Waals surface area contributed by atoms with Crippen molar-refractivity contribution >= 4 is 5.78 Å². The zero-order valence-corrected chi connectivity index (χ0v) is 22.8. The summed E-state index contributed by atoms with van der Waals surface area (Å²) in [5, 5.41) is 21.2. The highest BCUT2D eigenvalue weighted by Gasteiger charge is 2.74. The van der Waals surface area contributed by atoms with Crippen molar-refractivity contribution in [3.8, 4) is 0 Å². The average Bonchev–Trinajstić information content (AvgIpc) is 3.20. The largest absolute Gasteiger partial charge is 0.396 e. The molecule has 5 aliphatic carbocycles. The molecule has 5 aliphatic rings. The van der Waals surface area contributed by atoms with Gasteiger partial charge in [0, 0.05) is 13.0 Å². The summed E-state index contributed by atoms with van der Waals surface area (Å²) in [4.78, 5) is 13.0. The smallest absolute Gasteiger partial charge is 0.141 e. The van der Waals surface area contributed by atoms with Gasteiger partial charge in [-0.1, -0.05) is 46.8 Å². The Morgan fingerprint density at radius 3 is 2.12 bits per heavy atom. The van der Waals surface area contributed by atoms with Gasteiger partial charge >= 0.3 is 0 Å². The Morgan fingerprint density at radius 1 is 0.853 bits per heavy atom. The van der Waals surface area contributed by atoms with Crippen molar-refractivity contribution in [2.75, 3.05) is 13.2 Å². The number of hydrogen-bond acceptors (Lipinski definition) is 3. The number of fused-ring (bicyclic) bond motifs is 7. The molecule has 5 fully saturated rings. The number of aliphatic hydroxyl groups is 2. The van der Waals surface area contributed by atoms with Crippen LogP contribution in [-0.4, -0.2) is 29.2 Å². The standard InChI is InChI=1S/C31H50O3/c1-20(2)21-8-15-31(19-33)17-16-30(7)28(5)13-9-22-26(3,12-11-24(34)27(22,4)18-32)23(28)10-14-29(30,6)25(21)31/h21-23,25,32-33H,1,8-19H2,2-7H3/t21-,22+,23+,25+,26-,27-,28+,29+,30-,31+/m0/s1. The van der Waals surface area contributed by atoms with Crippen molar-refractivity contribution in [3.63, 3.8) is 0 Å². The van der Waals surface area contributed by atoms with E-state index in [0.29, 0.717) is 30.8 Å². The second-order valence-corrected chi connectivity index (χ2v) is 14.8. The molecular formula is C31H50O3. The third-order valence-corrected chi connectivity index (χ3v) is 14.2. The highest BCUT2D eigenvalue weighted by molar-refractivity contribution is 5.86. The first-order chi connectivity index (χ1) is 15.8. The van der Waals surface area contributed by atoms with Crippen LogP contribution in [0.4, 0.5) is 0 Å². The van der Waals surface area contributed by atoms with Gasteiger partial charge in [0.2, 0.25) is 0 Å². The fourth-order valence-corrected chi connectivity index (χ4v) is 12.0. The van der Waals surface area contributed by atoms with Crippen LogP contribution in [0, 0.1) is 56.2 Å². The van der Waals surface area contributed by atoms with Crippen molar-refractivity contribution in [1.82, 2.24) is 0 Å². The molecule has 0 radical (unpaired) electrons. The first-order valence-electron chi connectivity index (χ1n) is 14.2. The van der Waals surface area contributed by atoms with E-state index in [-0.39, 0.29) is 45.4 Å². The van der Waals surface area contributed by atoms with E-state index in [1.54, 1.807) is 0 Å². The predicted molar refractivity (Wildman–Crippen MR) is 137 cm³/mol. The second-order valence-electron chi connectivity index (χ2n) is 14.8. The van der Waals surface area contributed by atoms with Crippen LogP contribution in [0.15, 0.2) is 12.2 Å². The van der Waals surface area contributed by atoms with E-state index in [2.05, 4.69) is 48.1 Å².